The number of amides is 1. The second kappa shape index (κ2) is 6.55. The van der Waals surface area contributed by atoms with Crippen LogP contribution in [0.1, 0.15) is 25.7 Å². The van der Waals surface area contributed by atoms with E-state index in [0.717, 1.165) is 25.7 Å². The van der Waals surface area contributed by atoms with Crippen LogP contribution in [0.4, 0.5) is 5.69 Å². The van der Waals surface area contributed by atoms with E-state index in [2.05, 4.69) is 10.0 Å². The molecule has 0 spiro atoms. The quantitative estimate of drug-likeness (QED) is 0.773. The SMILES string of the molecule is CNS(=O)(=O)c1ccc(NC(=O)C2CCCCC2N)cc1. The Hall–Kier alpha value is -1.44. The molecule has 116 valence electrons. The van der Waals surface area contributed by atoms with Crippen LogP contribution < -0.4 is 15.8 Å². The zero-order valence-electron chi connectivity index (χ0n) is 12.0. The van der Waals surface area contributed by atoms with Gasteiger partial charge in [-0.15, -0.1) is 0 Å². The summed E-state index contributed by atoms with van der Waals surface area (Å²) in [6.45, 7) is 0. The molecule has 2 rings (SSSR count). The summed E-state index contributed by atoms with van der Waals surface area (Å²) in [7, 11) is -2.10. The Morgan fingerprint density at radius 1 is 1.19 bits per heavy atom. The van der Waals surface area contributed by atoms with E-state index in [4.69, 9.17) is 5.73 Å². The number of sulfonamides is 1. The van der Waals surface area contributed by atoms with Crippen molar-refractivity contribution in [1.82, 2.24) is 4.72 Å². The summed E-state index contributed by atoms with van der Waals surface area (Å²) in [6, 6.07) is 5.99. The van der Waals surface area contributed by atoms with E-state index in [9.17, 15) is 13.2 Å². The fourth-order valence-corrected chi connectivity index (χ4v) is 3.29. The molecule has 1 aromatic rings. The summed E-state index contributed by atoms with van der Waals surface area (Å²) in [5.74, 6) is -0.258. The highest BCUT2D eigenvalue weighted by Crippen LogP contribution is 2.24. The van der Waals surface area contributed by atoms with Crippen LogP contribution in [0.2, 0.25) is 0 Å². The van der Waals surface area contributed by atoms with Crippen LogP contribution in [0.25, 0.3) is 0 Å². The average Bonchev–Trinajstić information content (AvgIpc) is 2.48. The molecule has 0 bridgehead atoms. The lowest BCUT2D eigenvalue weighted by atomic mass is 9.84. The Kier molecular flexibility index (Phi) is 4.97. The van der Waals surface area contributed by atoms with Crippen molar-refractivity contribution in [3.05, 3.63) is 24.3 Å². The molecule has 0 saturated heterocycles. The van der Waals surface area contributed by atoms with Gasteiger partial charge < -0.3 is 11.1 Å². The summed E-state index contributed by atoms with van der Waals surface area (Å²) < 4.78 is 25.5. The van der Waals surface area contributed by atoms with E-state index in [1.54, 1.807) is 12.1 Å². The zero-order chi connectivity index (χ0) is 15.5. The summed E-state index contributed by atoms with van der Waals surface area (Å²) in [5, 5.41) is 2.80. The minimum Gasteiger partial charge on any atom is -0.327 e. The molecule has 21 heavy (non-hydrogen) atoms. The molecule has 4 N–H and O–H groups in total. The third-order valence-electron chi connectivity index (χ3n) is 3.86. The molecule has 0 aliphatic heterocycles. The first-order valence-electron chi connectivity index (χ1n) is 7.04. The summed E-state index contributed by atoms with van der Waals surface area (Å²) >= 11 is 0. The summed E-state index contributed by atoms with van der Waals surface area (Å²) in [6.07, 6.45) is 3.77. The summed E-state index contributed by atoms with van der Waals surface area (Å²) in [5.41, 5.74) is 6.56. The molecule has 1 amide bonds. The predicted octanol–water partition coefficient (Wildman–Crippen LogP) is 1.05. The standard InChI is InChI=1S/C14H21N3O3S/c1-16-21(19,20)11-8-6-10(7-9-11)17-14(18)12-4-2-3-5-13(12)15/h6-9,12-13,16H,2-5,15H2,1H3,(H,17,18). The minimum absolute atomic E-state index is 0.0913. The molecular weight excluding hydrogens is 290 g/mol. The number of nitrogens with two attached hydrogens (primary N) is 1. The van der Waals surface area contributed by atoms with E-state index in [-0.39, 0.29) is 22.8 Å². The molecular formula is C14H21N3O3S. The Labute approximate surface area is 125 Å². The van der Waals surface area contributed by atoms with E-state index in [1.807, 2.05) is 0 Å². The highest BCUT2D eigenvalue weighted by Gasteiger charge is 2.28. The first-order valence-corrected chi connectivity index (χ1v) is 8.52. The molecule has 1 aliphatic rings. The van der Waals surface area contributed by atoms with Gasteiger partial charge in [0.05, 0.1) is 10.8 Å². The molecule has 1 saturated carbocycles. The van der Waals surface area contributed by atoms with Gasteiger partial charge in [-0.3, -0.25) is 4.79 Å². The van der Waals surface area contributed by atoms with E-state index in [0.29, 0.717) is 5.69 Å². The molecule has 6 nitrogen and oxygen atoms in total. The Bertz CT molecular complexity index is 598. The monoisotopic (exact) mass is 311 g/mol. The van der Waals surface area contributed by atoms with E-state index in [1.165, 1.54) is 19.2 Å². The molecule has 7 heteroatoms. The van der Waals surface area contributed by atoms with E-state index < -0.39 is 10.0 Å². The number of carbonyl (C=O) groups excluding carboxylic acids is 1. The molecule has 0 aromatic heterocycles. The van der Waals surface area contributed by atoms with Crippen molar-refractivity contribution in [2.24, 2.45) is 11.7 Å². The lowest BCUT2D eigenvalue weighted by molar-refractivity contribution is -0.121. The van der Waals surface area contributed by atoms with Gasteiger partial charge in [0.25, 0.3) is 0 Å². The molecule has 1 fully saturated rings. The predicted molar refractivity (Wildman–Crippen MR) is 81.3 cm³/mol. The van der Waals surface area contributed by atoms with Crippen LogP contribution >= 0.6 is 0 Å². The molecule has 2 unspecified atom stereocenters. The van der Waals surface area contributed by atoms with Crippen LogP contribution in [0.15, 0.2) is 29.2 Å². The van der Waals surface area contributed by atoms with E-state index >= 15 is 0 Å². The number of hydrogen-bond donors (Lipinski definition) is 3. The number of carbonyl (C=O) groups is 1. The van der Waals surface area contributed by atoms with Gasteiger partial charge in [-0.1, -0.05) is 12.8 Å². The van der Waals surface area contributed by atoms with Gasteiger partial charge in [-0.25, -0.2) is 13.1 Å². The molecule has 2 atom stereocenters. The number of rotatable bonds is 4. The first-order chi connectivity index (χ1) is 9.94. The Balaban J connectivity index is 2.05. The number of benzene rings is 1. The van der Waals surface area contributed by atoms with Gasteiger partial charge in [0.1, 0.15) is 0 Å². The lowest BCUT2D eigenvalue weighted by Crippen LogP contribution is -2.40. The number of nitrogens with one attached hydrogen (secondary N) is 2. The third-order valence-corrected chi connectivity index (χ3v) is 5.29. The normalized spacial score (nSPS) is 22.8. The molecule has 0 heterocycles. The summed E-state index contributed by atoms with van der Waals surface area (Å²) in [4.78, 5) is 12.4. The van der Waals surface area contributed by atoms with Gasteiger partial charge in [-0.2, -0.15) is 0 Å². The second-order valence-corrected chi connectivity index (χ2v) is 7.16. The smallest absolute Gasteiger partial charge is 0.240 e. The maximum absolute atomic E-state index is 12.2. The maximum Gasteiger partial charge on any atom is 0.240 e. The van der Waals surface area contributed by atoms with Gasteiger partial charge >= 0.3 is 0 Å². The highest BCUT2D eigenvalue weighted by molar-refractivity contribution is 7.89. The number of anilines is 1. The zero-order valence-corrected chi connectivity index (χ0v) is 12.8. The number of hydrogen-bond acceptors (Lipinski definition) is 4. The van der Waals surface area contributed by atoms with Crippen LogP contribution in [0, 0.1) is 5.92 Å². The molecule has 1 aliphatic carbocycles. The Morgan fingerprint density at radius 2 is 1.81 bits per heavy atom. The van der Waals surface area contributed by atoms with Gasteiger partial charge in [0.2, 0.25) is 15.9 Å². The molecule has 0 radical (unpaired) electrons. The van der Waals surface area contributed by atoms with Crippen molar-refractivity contribution >= 4 is 21.6 Å². The van der Waals surface area contributed by atoms with Crippen LogP contribution in [0.3, 0.4) is 0 Å². The van der Waals surface area contributed by atoms with Crippen LogP contribution in [0.5, 0.6) is 0 Å². The van der Waals surface area contributed by atoms with Gasteiger partial charge in [0.15, 0.2) is 0 Å². The van der Waals surface area contributed by atoms with Crippen LogP contribution in [-0.2, 0) is 14.8 Å². The highest BCUT2D eigenvalue weighted by atomic mass is 32.2. The van der Waals surface area contributed by atoms with Crippen molar-refractivity contribution < 1.29 is 13.2 Å². The van der Waals surface area contributed by atoms with Crippen molar-refractivity contribution in [3.63, 3.8) is 0 Å². The largest absolute Gasteiger partial charge is 0.327 e. The Morgan fingerprint density at radius 3 is 2.38 bits per heavy atom. The van der Waals surface area contributed by atoms with Gasteiger partial charge in [-0.05, 0) is 44.2 Å². The topological polar surface area (TPSA) is 101 Å². The van der Waals surface area contributed by atoms with Crippen molar-refractivity contribution in [3.8, 4) is 0 Å². The lowest BCUT2D eigenvalue weighted by Gasteiger charge is -2.27. The fourth-order valence-electron chi connectivity index (χ4n) is 2.56. The second-order valence-electron chi connectivity index (χ2n) is 5.28. The minimum atomic E-state index is -3.46. The molecule has 1 aromatic carbocycles. The van der Waals surface area contributed by atoms with Crippen molar-refractivity contribution in [1.29, 1.82) is 0 Å². The average molecular weight is 311 g/mol. The van der Waals surface area contributed by atoms with Gasteiger partial charge in [0, 0.05) is 11.7 Å². The van der Waals surface area contributed by atoms with Crippen molar-refractivity contribution in [2.45, 2.75) is 36.6 Å². The van der Waals surface area contributed by atoms with Crippen LogP contribution in [-0.4, -0.2) is 27.4 Å². The maximum atomic E-state index is 12.2. The third kappa shape index (κ3) is 3.81. The van der Waals surface area contributed by atoms with Crippen molar-refractivity contribution in [2.75, 3.05) is 12.4 Å². The first kappa shape index (κ1) is 15.9. The fraction of sp³-hybridized carbons (Fsp3) is 0.500.